The van der Waals surface area contributed by atoms with E-state index in [0.29, 0.717) is 23.5 Å². The molecule has 0 atom stereocenters. The molecule has 2 N–H and O–H groups in total. The zero-order valence-electron chi connectivity index (χ0n) is 10.7. The van der Waals surface area contributed by atoms with Gasteiger partial charge in [-0.05, 0) is 12.5 Å². The number of aromatic nitrogens is 3. The van der Waals surface area contributed by atoms with E-state index >= 15 is 0 Å². The van der Waals surface area contributed by atoms with Crippen LogP contribution >= 0.6 is 22.9 Å². The fraction of sp³-hybridized carbons (Fsp3) is 0.231. The maximum absolute atomic E-state index is 13.6. The first-order chi connectivity index (χ1) is 9.58. The normalized spacial score (nSPS) is 11.3. The van der Waals surface area contributed by atoms with Crippen LogP contribution in [0.2, 0.25) is 5.02 Å². The van der Waals surface area contributed by atoms with Gasteiger partial charge in [0.05, 0.1) is 22.6 Å². The molecule has 2 heterocycles. The molecule has 1 aromatic carbocycles. The number of aryl methyl sites for hydroxylation is 1. The summed E-state index contributed by atoms with van der Waals surface area (Å²) in [5.41, 5.74) is 7.11. The number of halogens is 2. The molecular formula is C13H12ClFN4S. The van der Waals surface area contributed by atoms with E-state index in [2.05, 4.69) is 16.9 Å². The Hall–Kier alpha value is -1.66. The molecule has 0 aliphatic heterocycles. The van der Waals surface area contributed by atoms with Gasteiger partial charge in [-0.15, -0.1) is 11.3 Å². The minimum atomic E-state index is -0.478. The van der Waals surface area contributed by atoms with Crippen molar-refractivity contribution in [3.05, 3.63) is 39.1 Å². The van der Waals surface area contributed by atoms with Gasteiger partial charge in [0, 0.05) is 17.1 Å². The highest BCUT2D eigenvalue weighted by molar-refractivity contribution is 7.11. The molecule has 0 amide bonds. The number of hydrogen-bond donors (Lipinski definition) is 1. The maximum atomic E-state index is 13.6. The quantitative estimate of drug-likeness (QED) is 0.805. The van der Waals surface area contributed by atoms with Crippen LogP contribution in [0.25, 0.3) is 11.0 Å². The molecule has 2 aromatic heterocycles. The fourth-order valence-corrected chi connectivity index (χ4v) is 3.03. The molecule has 0 aliphatic carbocycles. The molecule has 7 heteroatoms. The summed E-state index contributed by atoms with van der Waals surface area (Å²) >= 11 is 7.38. The molecule has 0 saturated carbocycles. The van der Waals surface area contributed by atoms with Crippen LogP contribution in [0.5, 0.6) is 0 Å². The summed E-state index contributed by atoms with van der Waals surface area (Å²) in [7, 11) is 0. The number of anilines is 1. The highest BCUT2D eigenvalue weighted by Crippen LogP contribution is 2.26. The van der Waals surface area contributed by atoms with E-state index in [1.807, 2.05) is 6.20 Å². The molecule has 0 aliphatic rings. The first-order valence-electron chi connectivity index (χ1n) is 6.12. The van der Waals surface area contributed by atoms with E-state index < -0.39 is 5.82 Å². The summed E-state index contributed by atoms with van der Waals surface area (Å²) in [5, 5.41) is 0.966. The number of hydrogen-bond acceptors (Lipinski definition) is 4. The summed E-state index contributed by atoms with van der Waals surface area (Å²) < 4.78 is 15.4. The third-order valence-electron chi connectivity index (χ3n) is 3.06. The Morgan fingerprint density at radius 2 is 2.25 bits per heavy atom. The van der Waals surface area contributed by atoms with Crippen molar-refractivity contribution in [3.63, 3.8) is 0 Å². The molecule has 3 aromatic rings. The van der Waals surface area contributed by atoms with Crippen molar-refractivity contribution in [2.24, 2.45) is 0 Å². The van der Waals surface area contributed by atoms with Gasteiger partial charge < -0.3 is 10.3 Å². The minimum Gasteiger partial charge on any atom is -0.369 e. The Balaban J connectivity index is 2.06. The van der Waals surface area contributed by atoms with Gasteiger partial charge in [-0.2, -0.15) is 0 Å². The SMILES string of the molecule is CCc1cnc(Cn2c(N)nc3cc(Cl)c(F)cc32)s1. The minimum absolute atomic E-state index is 0.0460. The standard InChI is InChI=1S/C13H12ClFN4S/c1-2-7-5-17-12(20-7)6-19-11-4-9(15)8(14)3-10(11)18-13(19)16/h3-5H,2,6H2,1H3,(H2,16,18). The molecule has 104 valence electrons. The van der Waals surface area contributed by atoms with Crippen molar-refractivity contribution in [2.75, 3.05) is 5.73 Å². The molecule has 20 heavy (non-hydrogen) atoms. The van der Waals surface area contributed by atoms with Crippen molar-refractivity contribution in [1.82, 2.24) is 14.5 Å². The number of benzene rings is 1. The Labute approximate surface area is 124 Å². The third-order valence-corrected chi connectivity index (χ3v) is 4.48. The lowest BCUT2D eigenvalue weighted by Crippen LogP contribution is -2.04. The second kappa shape index (κ2) is 5.03. The van der Waals surface area contributed by atoms with Crippen LogP contribution < -0.4 is 5.73 Å². The van der Waals surface area contributed by atoms with Gasteiger partial charge in [0.1, 0.15) is 10.8 Å². The summed E-state index contributed by atoms with van der Waals surface area (Å²) in [5.74, 6) is -0.149. The van der Waals surface area contributed by atoms with Crippen molar-refractivity contribution in [1.29, 1.82) is 0 Å². The van der Waals surface area contributed by atoms with Gasteiger partial charge >= 0.3 is 0 Å². The monoisotopic (exact) mass is 310 g/mol. The van der Waals surface area contributed by atoms with E-state index in [1.165, 1.54) is 17.0 Å². The van der Waals surface area contributed by atoms with Crippen LogP contribution in [-0.2, 0) is 13.0 Å². The second-order valence-electron chi connectivity index (χ2n) is 4.39. The van der Waals surface area contributed by atoms with Gasteiger partial charge in [-0.3, -0.25) is 0 Å². The highest BCUT2D eigenvalue weighted by Gasteiger charge is 2.13. The topological polar surface area (TPSA) is 56.7 Å². The molecule has 0 unspecified atom stereocenters. The van der Waals surface area contributed by atoms with E-state index in [9.17, 15) is 4.39 Å². The van der Waals surface area contributed by atoms with Crippen LogP contribution in [0, 0.1) is 5.82 Å². The molecule has 3 rings (SSSR count). The molecule has 0 bridgehead atoms. The van der Waals surface area contributed by atoms with Crippen molar-refractivity contribution in [3.8, 4) is 0 Å². The van der Waals surface area contributed by atoms with Gasteiger partial charge in [0.25, 0.3) is 0 Å². The van der Waals surface area contributed by atoms with Crippen molar-refractivity contribution >= 4 is 39.9 Å². The number of nitrogens with zero attached hydrogens (tertiary/aromatic N) is 3. The number of fused-ring (bicyclic) bond motifs is 1. The zero-order chi connectivity index (χ0) is 14.3. The molecular weight excluding hydrogens is 299 g/mol. The summed E-state index contributed by atoms with van der Waals surface area (Å²) in [4.78, 5) is 9.75. The van der Waals surface area contributed by atoms with Crippen molar-refractivity contribution < 1.29 is 4.39 Å². The average Bonchev–Trinajstić information content (AvgIpc) is 2.98. The van der Waals surface area contributed by atoms with Gasteiger partial charge in [-0.25, -0.2) is 14.4 Å². The lowest BCUT2D eigenvalue weighted by Gasteiger charge is -2.04. The first kappa shape index (κ1) is 13.3. The number of nitrogens with two attached hydrogens (primary N) is 1. The largest absolute Gasteiger partial charge is 0.369 e. The lowest BCUT2D eigenvalue weighted by atomic mass is 10.3. The third kappa shape index (κ3) is 2.25. The fourth-order valence-electron chi connectivity index (χ4n) is 2.02. The lowest BCUT2D eigenvalue weighted by molar-refractivity contribution is 0.629. The summed E-state index contributed by atoms with van der Waals surface area (Å²) in [6.07, 6.45) is 2.80. The van der Waals surface area contributed by atoms with Crippen molar-refractivity contribution in [2.45, 2.75) is 19.9 Å². The van der Waals surface area contributed by atoms with E-state index in [0.717, 1.165) is 11.4 Å². The smallest absolute Gasteiger partial charge is 0.201 e. The molecule has 4 nitrogen and oxygen atoms in total. The highest BCUT2D eigenvalue weighted by atomic mass is 35.5. The molecule has 0 radical (unpaired) electrons. The van der Waals surface area contributed by atoms with Crippen LogP contribution in [-0.4, -0.2) is 14.5 Å². The summed E-state index contributed by atoms with van der Waals surface area (Å²) in [6, 6.07) is 2.84. The van der Waals surface area contributed by atoms with Crippen LogP contribution in [0.4, 0.5) is 10.3 Å². The van der Waals surface area contributed by atoms with Crippen LogP contribution in [0.1, 0.15) is 16.8 Å². The molecule has 0 spiro atoms. The Morgan fingerprint density at radius 3 is 2.95 bits per heavy atom. The van der Waals surface area contributed by atoms with Gasteiger partial charge in [0.15, 0.2) is 0 Å². The second-order valence-corrected chi connectivity index (χ2v) is 5.99. The average molecular weight is 311 g/mol. The first-order valence-corrected chi connectivity index (χ1v) is 7.32. The van der Waals surface area contributed by atoms with E-state index in [4.69, 9.17) is 17.3 Å². The molecule has 0 saturated heterocycles. The van der Waals surface area contributed by atoms with Gasteiger partial charge in [-0.1, -0.05) is 18.5 Å². The maximum Gasteiger partial charge on any atom is 0.201 e. The predicted molar refractivity (Wildman–Crippen MR) is 79.7 cm³/mol. The Bertz CT molecular complexity index is 780. The number of rotatable bonds is 3. The number of thiazole rings is 1. The summed E-state index contributed by atoms with van der Waals surface area (Å²) in [6.45, 7) is 2.56. The van der Waals surface area contributed by atoms with E-state index in [-0.39, 0.29) is 5.02 Å². The van der Waals surface area contributed by atoms with Crippen LogP contribution in [0.15, 0.2) is 18.3 Å². The number of imidazole rings is 1. The van der Waals surface area contributed by atoms with Crippen LogP contribution in [0.3, 0.4) is 0 Å². The Morgan fingerprint density at radius 1 is 1.45 bits per heavy atom. The predicted octanol–water partition coefficient (Wildman–Crippen LogP) is 3.48. The molecule has 0 fully saturated rings. The van der Waals surface area contributed by atoms with Gasteiger partial charge in [0.2, 0.25) is 5.95 Å². The number of nitrogen functional groups attached to an aromatic ring is 1. The Kier molecular flexibility index (Phi) is 3.35. The zero-order valence-corrected chi connectivity index (χ0v) is 12.3. The van der Waals surface area contributed by atoms with E-state index in [1.54, 1.807) is 15.9 Å².